The van der Waals surface area contributed by atoms with E-state index < -0.39 is 0 Å². The summed E-state index contributed by atoms with van der Waals surface area (Å²) in [6, 6.07) is 13.4. The zero-order valence-corrected chi connectivity index (χ0v) is 15.0. The third-order valence-electron chi connectivity index (χ3n) is 3.98. The standard InChI is InChI=1S/C18H23BrN2/c1-12-6-9-18(13(2)10-12)21(5)15-7-8-16(14(3)20-4)17(19)11-15/h6-11,14,20H,1-5H3. The molecule has 2 rings (SSSR count). The molecule has 0 bridgehead atoms. The first kappa shape index (κ1) is 16.1. The molecule has 0 radical (unpaired) electrons. The summed E-state index contributed by atoms with van der Waals surface area (Å²) in [4.78, 5) is 2.23. The van der Waals surface area contributed by atoms with Gasteiger partial charge >= 0.3 is 0 Å². The number of aryl methyl sites for hydroxylation is 2. The summed E-state index contributed by atoms with van der Waals surface area (Å²) in [5.41, 5.74) is 6.28. The van der Waals surface area contributed by atoms with Gasteiger partial charge in [0, 0.05) is 28.9 Å². The van der Waals surface area contributed by atoms with Gasteiger partial charge in [0.25, 0.3) is 0 Å². The molecule has 0 amide bonds. The highest BCUT2D eigenvalue weighted by Crippen LogP contribution is 2.32. The average Bonchev–Trinajstić information content (AvgIpc) is 2.45. The van der Waals surface area contributed by atoms with Gasteiger partial charge in [-0.15, -0.1) is 0 Å². The van der Waals surface area contributed by atoms with Gasteiger partial charge in [0.1, 0.15) is 0 Å². The molecule has 0 aliphatic heterocycles. The van der Waals surface area contributed by atoms with Crippen LogP contribution in [0.3, 0.4) is 0 Å². The molecule has 0 aliphatic rings. The Labute approximate surface area is 136 Å². The molecule has 112 valence electrons. The van der Waals surface area contributed by atoms with E-state index in [4.69, 9.17) is 0 Å². The van der Waals surface area contributed by atoms with Crippen molar-refractivity contribution in [1.82, 2.24) is 5.32 Å². The van der Waals surface area contributed by atoms with Crippen LogP contribution in [-0.4, -0.2) is 14.1 Å². The van der Waals surface area contributed by atoms with Gasteiger partial charge in [0.05, 0.1) is 0 Å². The topological polar surface area (TPSA) is 15.3 Å². The predicted octanol–water partition coefficient (Wildman–Crippen LogP) is 5.11. The second kappa shape index (κ2) is 6.63. The van der Waals surface area contributed by atoms with Crippen LogP contribution in [0.1, 0.15) is 29.7 Å². The fourth-order valence-electron chi connectivity index (χ4n) is 2.55. The molecule has 0 aliphatic carbocycles. The lowest BCUT2D eigenvalue weighted by Crippen LogP contribution is -2.14. The van der Waals surface area contributed by atoms with E-state index in [2.05, 4.69) is 90.4 Å². The highest BCUT2D eigenvalue weighted by atomic mass is 79.9. The van der Waals surface area contributed by atoms with Gasteiger partial charge in [-0.05, 0) is 57.1 Å². The van der Waals surface area contributed by atoms with Crippen LogP contribution in [0.25, 0.3) is 0 Å². The van der Waals surface area contributed by atoms with Gasteiger partial charge in [0.2, 0.25) is 0 Å². The Morgan fingerprint density at radius 3 is 2.38 bits per heavy atom. The van der Waals surface area contributed by atoms with Crippen molar-refractivity contribution in [3.05, 3.63) is 57.6 Å². The Balaban J connectivity index is 2.35. The Hall–Kier alpha value is -1.32. The van der Waals surface area contributed by atoms with Crippen LogP contribution in [0.15, 0.2) is 40.9 Å². The number of nitrogens with one attached hydrogen (secondary N) is 1. The van der Waals surface area contributed by atoms with E-state index in [0.717, 1.165) is 4.47 Å². The van der Waals surface area contributed by atoms with Crippen LogP contribution in [0, 0.1) is 13.8 Å². The third kappa shape index (κ3) is 3.47. The minimum Gasteiger partial charge on any atom is -0.344 e. The molecule has 0 saturated carbocycles. The lowest BCUT2D eigenvalue weighted by atomic mass is 10.1. The molecule has 0 spiro atoms. The molecule has 3 heteroatoms. The first-order chi connectivity index (χ1) is 9.93. The maximum absolute atomic E-state index is 3.69. The summed E-state index contributed by atoms with van der Waals surface area (Å²) in [7, 11) is 4.09. The minimum atomic E-state index is 0.333. The number of rotatable bonds is 4. The molecule has 0 aromatic heterocycles. The van der Waals surface area contributed by atoms with Gasteiger partial charge in [-0.25, -0.2) is 0 Å². The lowest BCUT2D eigenvalue weighted by Gasteiger charge is -2.23. The van der Waals surface area contributed by atoms with Crippen LogP contribution < -0.4 is 10.2 Å². The Morgan fingerprint density at radius 1 is 1.10 bits per heavy atom. The Bertz CT molecular complexity index is 637. The maximum atomic E-state index is 3.69. The van der Waals surface area contributed by atoms with E-state index in [1.54, 1.807) is 0 Å². The maximum Gasteiger partial charge on any atom is 0.0437 e. The monoisotopic (exact) mass is 346 g/mol. The van der Waals surface area contributed by atoms with Gasteiger partial charge in [0.15, 0.2) is 0 Å². The van der Waals surface area contributed by atoms with E-state index in [-0.39, 0.29) is 0 Å². The van der Waals surface area contributed by atoms with Crippen molar-refractivity contribution >= 4 is 27.3 Å². The van der Waals surface area contributed by atoms with Crippen molar-refractivity contribution in [1.29, 1.82) is 0 Å². The van der Waals surface area contributed by atoms with Crippen molar-refractivity contribution in [2.24, 2.45) is 0 Å². The summed E-state index contributed by atoms with van der Waals surface area (Å²) in [6.45, 7) is 6.44. The Morgan fingerprint density at radius 2 is 1.81 bits per heavy atom. The van der Waals surface area contributed by atoms with E-state index in [0.29, 0.717) is 6.04 Å². The second-order valence-corrected chi connectivity index (χ2v) is 6.42. The smallest absolute Gasteiger partial charge is 0.0437 e. The molecule has 1 N–H and O–H groups in total. The number of hydrogen-bond acceptors (Lipinski definition) is 2. The number of nitrogens with zero attached hydrogens (tertiary/aromatic N) is 1. The molecule has 2 nitrogen and oxygen atoms in total. The summed E-state index contributed by atoms with van der Waals surface area (Å²) < 4.78 is 1.14. The fraction of sp³-hybridized carbons (Fsp3) is 0.333. The molecule has 2 aromatic carbocycles. The molecule has 21 heavy (non-hydrogen) atoms. The zero-order valence-electron chi connectivity index (χ0n) is 13.4. The molecule has 1 atom stereocenters. The van der Waals surface area contributed by atoms with E-state index in [9.17, 15) is 0 Å². The lowest BCUT2D eigenvalue weighted by molar-refractivity contribution is 0.649. The molecule has 0 saturated heterocycles. The SMILES string of the molecule is CNC(C)c1ccc(N(C)c2ccc(C)cc2C)cc1Br. The number of benzene rings is 2. The van der Waals surface area contributed by atoms with Gasteiger partial charge in [-0.3, -0.25) is 0 Å². The number of halogens is 1. The normalized spacial score (nSPS) is 12.3. The summed E-state index contributed by atoms with van der Waals surface area (Å²) in [5, 5.41) is 3.27. The van der Waals surface area contributed by atoms with Crippen molar-refractivity contribution in [3.63, 3.8) is 0 Å². The highest BCUT2D eigenvalue weighted by Gasteiger charge is 2.11. The van der Waals surface area contributed by atoms with Gasteiger partial charge in [-0.2, -0.15) is 0 Å². The molecule has 2 aromatic rings. The zero-order chi connectivity index (χ0) is 15.6. The number of anilines is 2. The van der Waals surface area contributed by atoms with Crippen LogP contribution in [-0.2, 0) is 0 Å². The van der Waals surface area contributed by atoms with Crippen molar-refractivity contribution in [2.75, 3.05) is 19.0 Å². The largest absolute Gasteiger partial charge is 0.344 e. The van der Waals surface area contributed by atoms with Crippen molar-refractivity contribution in [3.8, 4) is 0 Å². The Kier molecular flexibility index (Phi) is 5.07. The molecule has 0 heterocycles. The molecule has 1 unspecified atom stereocenters. The first-order valence-electron chi connectivity index (χ1n) is 7.21. The molecular formula is C18H23BrN2. The summed E-state index contributed by atoms with van der Waals surface area (Å²) in [6.07, 6.45) is 0. The first-order valence-corrected chi connectivity index (χ1v) is 8.01. The molecule has 0 fully saturated rings. The predicted molar refractivity (Wildman–Crippen MR) is 95.6 cm³/mol. The van der Waals surface area contributed by atoms with Crippen LogP contribution in [0.5, 0.6) is 0 Å². The van der Waals surface area contributed by atoms with Crippen LogP contribution >= 0.6 is 15.9 Å². The average molecular weight is 347 g/mol. The van der Waals surface area contributed by atoms with E-state index in [1.165, 1.54) is 28.1 Å². The van der Waals surface area contributed by atoms with Crippen LogP contribution in [0.2, 0.25) is 0 Å². The van der Waals surface area contributed by atoms with Gasteiger partial charge in [-0.1, -0.05) is 39.7 Å². The fourth-order valence-corrected chi connectivity index (χ4v) is 3.26. The van der Waals surface area contributed by atoms with Gasteiger partial charge < -0.3 is 10.2 Å². The van der Waals surface area contributed by atoms with E-state index in [1.807, 2.05) is 7.05 Å². The quantitative estimate of drug-likeness (QED) is 0.826. The number of hydrogen-bond donors (Lipinski definition) is 1. The second-order valence-electron chi connectivity index (χ2n) is 5.57. The summed E-state index contributed by atoms with van der Waals surface area (Å²) in [5.74, 6) is 0. The summed E-state index contributed by atoms with van der Waals surface area (Å²) >= 11 is 3.69. The van der Waals surface area contributed by atoms with Crippen molar-refractivity contribution in [2.45, 2.75) is 26.8 Å². The molecular weight excluding hydrogens is 324 g/mol. The van der Waals surface area contributed by atoms with Crippen molar-refractivity contribution < 1.29 is 0 Å². The third-order valence-corrected chi connectivity index (χ3v) is 4.67. The van der Waals surface area contributed by atoms with E-state index >= 15 is 0 Å². The highest BCUT2D eigenvalue weighted by molar-refractivity contribution is 9.10. The minimum absolute atomic E-state index is 0.333. The van der Waals surface area contributed by atoms with Crippen LogP contribution in [0.4, 0.5) is 11.4 Å².